The summed E-state index contributed by atoms with van der Waals surface area (Å²) < 4.78 is 5.37. The SMILES string of the molecule is CC(=O)c1ccc(C#N)cc1N(C)CC1CCOCC1. The summed E-state index contributed by atoms with van der Waals surface area (Å²) in [6.45, 7) is 4.08. The molecular formula is C16H20N2O2. The van der Waals surface area contributed by atoms with Gasteiger partial charge in [-0.15, -0.1) is 0 Å². The number of carbonyl (C=O) groups excluding carboxylic acids is 1. The highest BCUT2D eigenvalue weighted by Crippen LogP contribution is 2.25. The Bertz CT molecular complexity index is 528. The molecule has 0 saturated carbocycles. The molecule has 0 bridgehead atoms. The molecule has 1 aromatic rings. The van der Waals surface area contributed by atoms with Gasteiger partial charge in [-0.05, 0) is 43.9 Å². The second-order valence-electron chi connectivity index (χ2n) is 5.34. The van der Waals surface area contributed by atoms with Gasteiger partial charge in [0, 0.05) is 38.1 Å². The van der Waals surface area contributed by atoms with Crippen LogP contribution in [-0.2, 0) is 4.74 Å². The van der Waals surface area contributed by atoms with E-state index in [9.17, 15) is 4.79 Å². The first-order valence-electron chi connectivity index (χ1n) is 6.95. The predicted molar refractivity (Wildman–Crippen MR) is 78.0 cm³/mol. The zero-order valence-corrected chi connectivity index (χ0v) is 12.1. The van der Waals surface area contributed by atoms with Crippen LogP contribution < -0.4 is 4.90 Å². The van der Waals surface area contributed by atoms with Crippen molar-refractivity contribution in [1.29, 1.82) is 5.26 Å². The van der Waals surface area contributed by atoms with Gasteiger partial charge in [-0.25, -0.2) is 0 Å². The first-order valence-corrected chi connectivity index (χ1v) is 6.95. The molecule has 1 aliphatic heterocycles. The molecule has 1 heterocycles. The second-order valence-corrected chi connectivity index (χ2v) is 5.34. The monoisotopic (exact) mass is 272 g/mol. The third-order valence-electron chi connectivity index (χ3n) is 3.79. The molecule has 20 heavy (non-hydrogen) atoms. The van der Waals surface area contributed by atoms with Crippen molar-refractivity contribution >= 4 is 11.5 Å². The Balaban J connectivity index is 2.20. The number of Topliss-reactive ketones (excluding diaryl/α,β-unsaturated/α-hetero) is 1. The lowest BCUT2D eigenvalue weighted by Gasteiger charge is -2.29. The van der Waals surface area contributed by atoms with Gasteiger partial charge in [-0.3, -0.25) is 4.79 Å². The molecule has 1 aromatic carbocycles. The fourth-order valence-electron chi connectivity index (χ4n) is 2.63. The second kappa shape index (κ2) is 6.53. The molecule has 4 heteroatoms. The zero-order chi connectivity index (χ0) is 14.5. The number of nitrogens with zero attached hydrogens (tertiary/aromatic N) is 2. The number of benzene rings is 1. The topological polar surface area (TPSA) is 53.3 Å². The Labute approximate surface area is 120 Å². The van der Waals surface area contributed by atoms with Crippen LogP contribution >= 0.6 is 0 Å². The van der Waals surface area contributed by atoms with E-state index in [1.165, 1.54) is 0 Å². The maximum absolute atomic E-state index is 11.7. The Kier molecular flexibility index (Phi) is 4.75. The fraction of sp³-hybridized carbons (Fsp3) is 0.500. The van der Waals surface area contributed by atoms with Crippen LogP contribution in [0.3, 0.4) is 0 Å². The third kappa shape index (κ3) is 3.37. The number of ether oxygens (including phenoxy) is 1. The molecule has 0 radical (unpaired) electrons. The molecule has 1 aliphatic rings. The average Bonchev–Trinajstić information content (AvgIpc) is 2.47. The number of rotatable bonds is 4. The summed E-state index contributed by atoms with van der Waals surface area (Å²) in [6, 6.07) is 7.38. The number of ketones is 1. The van der Waals surface area contributed by atoms with Gasteiger partial charge in [0.1, 0.15) is 0 Å². The smallest absolute Gasteiger partial charge is 0.161 e. The van der Waals surface area contributed by atoms with Crippen LogP contribution in [0.4, 0.5) is 5.69 Å². The first-order chi connectivity index (χ1) is 9.61. The lowest BCUT2D eigenvalue weighted by atomic mass is 9.98. The highest BCUT2D eigenvalue weighted by molar-refractivity contribution is 6.00. The normalized spacial score (nSPS) is 15.7. The lowest BCUT2D eigenvalue weighted by Crippen LogP contribution is -2.30. The molecule has 0 aliphatic carbocycles. The van der Waals surface area contributed by atoms with Crippen LogP contribution in [0.15, 0.2) is 18.2 Å². The number of nitriles is 1. The maximum atomic E-state index is 11.7. The summed E-state index contributed by atoms with van der Waals surface area (Å²) in [6.07, 6.45) is 2.11. The van der Waals surface area contributed by atoms with Gasteiger partial charge < -0.3 is 9.64 Å². The van der Waals surface area contributed by atoms with Gasteiger partial charge in [-0.1, -0.05) is 0 Å². The van der Waals surface area contributed by atoms with E-state index < -0.39 is 0 Å². The van der Waals surface area contributed by atoms with Crippen molar-refractivity contribution in [3.63, 3.8) is 0 Å². The Hall–Kier alpha value is -1.86. The molecule has 1 saturated heterocycles. The van der Waals surface area contributed by atoms with Crippen molar-refractivity contribution in [2.45, 2.75) is 19.8 Å². The fourth-order valence-corrected chi connectivity index (χ4v) is 2.63. The standard InChI is InChI=1S/C16H20N2O2/c1-12(19)15-4-3-14(10-17)9-16(15)18(2)11-13-5-7-20-8-6-13/h3-4,9,13H,5-8,11H2,1-2H3. The summed E-state index contributed by atoms with van der Waals surface area (Å²) in [4.78, 5) is 13.8. The third-order valence-corrected chi connectivity index (χ3v) is 3.79. The van der Waals surface area contributed by atoms with E-state index in [0.29, 0.717) is 17.0 Å². The number of anilines is 1. The van der Waals surface area contributed by atoms with Crippen molar-refractivity contribution in [2.24, 2.45) is 5.92 Å². The van der Waals surface area contributed by atoms with Crippen molar-refractivity contribution in [2.75, 3.05) is 31.7 Å². The number of hydrogen-bond donors (Lipinski definition) is 0. The Morgan fingerprint density at radius 1 is 1.45 bits per heavy atom. The molecule has 106 valence electrons. The van der Waals surface area contributed by atoms with Crippen LogP contribution in [0.5, 0.6) is 0 Å². The minimum atomic E-state index is 0.0308. The van der Waals surface area contributed by atoms with Gasteiger partial charge in [0.2, 0.25) is 0 Å². The van der Waals surface area contributed by atoms with Crippen molar-refractivity contribution < 1.29 is 9.53 Å². The predicted octanol–water partition coefficient (Wildman–Crippen LogP) is 2.62. The van der Waals surface area contributed by atoms with Gasteiger partial charge in [0.05, 0.1) is 11.6 Å². The van der Waals surface area contributed by atoms with E-state index >= 15 is 0 Å². The van der Waals surface area contributed by atoms with E-state index in [1.807, 2.05) is 7.05 Å². The summed E-state index contributed by atoms with van der Waals surface area (Å²) in [5.41, 5.74) is 2.12. The van der Waals surface area contributed by atoms with E-state index in [-0.39, 0.29) is 5.78 Å². The Morgan fingerprint density at radius 2 is 2.15 bits per heavy atom. The van der Waals surface area contributed by atoms with E-state index in [2.05, 4.69) is 11.0 Å². The van der Waals surface area contributed by atoms with Crippen LogP contribution in [0.25, 0.3) is 0 Å². The molecule has 0 unspecified atom stereocenters. The van der Waals surface area contributed by atoms with Gasteiger partial charge in [-0.2, -0.15) is 5.26 Å². The largest absolute Gasteiger partial charge is 0.381 e. The average molecular weight is 272 g/mol. The molecule has 0 atom stereocenters. The molecule has 1 fully saturated rings. The summed E-state index contributed by atoms with van der Waals surface area (Å²) in [5, 5.41) is 9.02. The molecule has 0 spiro atoms. The van der Waals surface area contributed by atoms with E-state index in [4.69, 9.17) is 10.00 Å². The van der Waals surface area contributed by atoms with Crippen molar-refractivity contribution in [3.8, 4) is 6.07 Å². The number of hydrogen-bond acceptors (Lipinski definition) is 4. The van der Waals surface area contributed by atoms with Gasteiger partial charge in [0.25, 0.3) is 0 Å². The van der Waals surface area contributed by atoms with E-state index in [0.717, 1.165) is 38.3 Å². The Morgan fingerprint density at radius 3 is 2.75 bits per heavy atom. The summed E-state index contributed by atoms with van der Waals surface area (Å²) in [5.74, 6) is 0.614. The summed E-state index contributed by atoms with van der Waals surface area (Å²) in [7, 11) is 1.98. The van der Waals surface area contributed by atoms with E-state index in [1.54, 1.807) is 25.1 Å². The minimum absolute atomic E-state index is 0.0308. The molecule has 0 N–H and O–H groups in total. The van der Waals surface area contributed by atoms with Crippen LogP contribution in [0, 0.1) is 17.2 Å². The van der Waals surface area contributed by atoms with Crippen molar-refractivity contribution in [3.05, 3.63) is 29.3 Å². The highest BCUT2D eigenvalue weighted by atomic mass is 16.5. The molecule has 2 rings (SSSR count). The van der Waals surface area contributed by atoms with Crippen molar-refractivity contribution in [1.82, 2.24) is 0 Å². The molecule has 0 aromatic heterocycles. The summed E-state index contributed by atoms with van der Waals surface area (Å²) >= 11 is 0. The molecular weight excluding hydrogens is 252 g/mol. The quantitative estimate of drug-likeness (QED) is 0.791. The van der Waals surface area contributed by atoms with Crippen LogP contribution in [-0.4, -0.2) is 32.6 Å². The first kappa shape index (κ1) is 14.5. The van der Waals surface area contributed by atoms with Crippen LogP contribution in [0.1, 0.15) is 35.7 Å². The van der Waals surface area contributed by atoms with Gasteiger partial charge in [0.15, 0.2) is 5.78 Å². The van der Waals surface area contributed by atoms with Crippen LogP contribution in [0.2, 0.25) is 0 Å². The zero-order valence-electron chi connectivity index (χ0n) is 12.1. The van der Waals surface area contributed by atoms with Gasteiger partial charge >= 0.3 is 0 Å². The molecule has 0 amide bonds. The molecule has 4 nitrogen and oxygen atoms in total. The number of carbonyl (C=O) groups is 1. The maximum Gasteiger partial charge on any atom is 0.161 e. The minimum Gasteiger partial charge on any atom is -0.381 e. The highest BCUT2D eigenvalue weighted by Gasteiger charge is 2.18. The lowest BCUT2D eigenvalue weighted by molar-refractivity contribution is 0.0685.